The van der Waals surface area contributed by atoms with Gasteiger partial charge in [0.05, 0.1) is 0 Å². The van der Waals surface area contributed by atoms with Crippen LogP contribution in [0.1, 0.15) is 36.8 Å². The van der Waals surface area contributed by atoms with Gasteiger partial charge < -0.3 is 10.2 Å². The van der Waals surface area contributed by atoms with E-state index in [2.05, 4.69) is 34.5 Å². The zero-order valence-corrected chi connectivity index (χ0v) is 16.3. The molecule has 3 aliphatic rings. The number of carbonyl (C=O) groups excluding carboxylic acids is 2. The van der Waals surface area contributed by atoms with Crippen LogP contribution >= 0.6 is 0 Å². The summed E-state index contributed by atoms with van der Waals surface area (Å²) in [5, 5.41) is 2.76. The minimum absolute atomic E-state index is 0.0374. The number of amides is 2. The SMILES string of the molecule is CNC(=O)C1CCCCC1C(=O)N1CCN(C2Cc3ccccc3C2)CC1. The Hall–Kier alpha value is -1.88. The van der Waals surface area contributed by atoms with E-state index in [1.807, 2.05) is 4.90 Å². The predicted octanol–water partition coefficient (Wildman–Crippen LogP) is 1.85. The summed E-state index contributed by atoms with van der Waals surface area (Å²) in [5.74, 6) is -0.0207. The van der Waals surface area contributed by atoms with Gasteiger partial charge in [-0.3, -0.25) is 14.5 Å². The monoisotopic (exact) mass is 369 g/mol. The molecular weight excluding hydrogens is 338 g/mol. The number of hydrogen-bond acceptors (Lipinski definition) is 3. The zero-order valence-electron chi connectivity index (χ0n) is 16.3. The summed E-state index contributed by atoms with van der Waals surface area (Å²) in [6, 6.07) is 9.33. The van der Waals surface area contributed by atoms with E-state index < -0.39 is 0 Å². The van der Waals surface area contributed by atoms with Crippen molar-refractivity contribution in [2.45, 2.75) is 44.6 Å². The molecule has 2 unspecified atom stereocenters. The third-order valence-corrected chi connectivity index (χ3v) is 6.84. The molecule has 0 spiro atoms. The van der Waals surface area contributed by atoms with Crippen molar-refractivity contribution in [1.82, 2.24) is 15.1 Å². The van der Waals surface area contributed by atoms with Gasteiger partial charge in [0, 0.05) is 51.1 Å². The summed E-state index contributed by atoms with van der Waals surface area (Å²) in [6.45, 7) is 3.48. The van der Waals surface area contributed by atoms with Crippen molar-refractivity contribution >= 4 is 11.8 Å². The van der Waals surface area contributed by atoms with Crippen LogP contribution in [0.2, 0.25) is 0 Å². The molecule has 4 rings (SSSR count). The van der Waals surface area contributed by atoms with Crippen LogP contribution in [0.25, 0.3) is 0 Å². The molecule has 0 bridgehead atoms. The molecule has 1 aromatic rings. The van der Waals surface area contributed by atoms with Crippen molar-refractivity contribution in [1.29, 1.82) is 0 Å². The van der Waals surface area contributed by atoms with E-state index in [0.29, 0.717) is 6.04 Å². The highest BCUT2D eigenvalue weighted by molar-refractivity contribution is 5.87. The van der Waals surface area contributed by atoms with E-state index in [0.717, 1.165) is 64.7 Å². The van der Waals surface area contributed by atoms with Crippen molar-refractivity contribution in [3.05, 3.63) is 35.4 Å². The van der Waals surface area contributed by atoms with E-state index in [4.69, 9.17) is 0 Å². The lowest BCUT2D eigenvalue weighted by Gasteiger charge is -2.40. The molecule has 2 atom stereocenters. The molecule has 1 N–H and O–H groups in total. The first-order chi connectivity index (χ1) is 13.2. The van der Waals surface area contributed by atoms with E-state index >= 15 is 0 Å². The van der Waals surface area contributed by atoms with Crippen LogP contribution in [0.3, 0.4) is 0 Å². The first kappa shape index (κ1) is 18.5. The second kappa shape index (κ2) is 8.01. The maximum Gasteiger partial charge on any atom is 0.226 e. The lowest BCUT2D eigenvalue weighted by molar-refractivity contribution is -0.145. The molecule has 1 saturated carbocycles. The summed E-state index contributed by atoms with van der Waals surface area (Å²) >= 11 is 0. The Morgan fingerprint density at radius 1 is 0.926 bits per heavy atom. The Morgan fingerprint density at radius 2 is 1.52 bits per heavy atom. The highest BCUT2D eigenvalue weighted by Crippen LogP contribution is 2.32. The van der Waals surface area contributed by atoms with Crippen molar-refractivity contribution in [3.63, 3.8) is 0 Å². The van der Waals surface area contributed by atoms with Crippen molar-refractivity contribution < 1.29 is 9.59 Å². The highest BCUT2D eigenvalue weighted by Gasteiger charge is 2.39. The first-order valence-corrected chi connectivity index (χ1v) is 10.5. The normalized spacial score (nSPS) is 26.6. The van der Waals surface area contributed by atoms with Gasteiger partial charge in [-0.25, -0.2) is 0 Å². The van der Waals surface area contributed by atoms with Crippen molar-refractivity contribution in [2.24, 2.45) is 11.8 Å². The summed E-state index contributed by atoms with van der Waals surface area (Å²) in [5.41, 5.74) is 2.97. The van der Waals surface area contributed by atoms with E-state index in [9.17, 15) is 9.59 Å². The molecule has 146 valence electrons. The molecule has 1 aromatic carbocycles. The highest BCUT2D eigenvalue weighted by atomic mass is 16.2. The van der Waals surface area contributed by atoms with Gasteiger partial charge in [-0.15, -0.1) is 0 Å². The number of benzene rings is 1. The van der Waals surface area contributed by atoms with E-state index in [1.165, 1.54) is 11.1 Å². The predicted molar refractivity (Wildman–Crippen MR) is 105 cm³/mol. The lowest BCUT2D eigenvalue weighted by atomic mass is 9.77. The number of nitrogens with one attached hydrogen (secondary N) is 1. The number of fused-ring (bicyclic) bond motifs is 1. The van der Waals surface area contributed by atoms with Gasteiger partial charge in [0.25, 0.3) is 0 Å². The van der Waals surface area contributed by atoms with Gasteiger partial charge in [-0.1, -0.05) is 37.1 Å². The average Bonchev–Trinajstić information content (AvgIpc) is 3.17. The van der Waals surface area contributed by atoms with Crippen molar-refractivity contribution in [3.8, 4) is 0 Å². The Morgan fingerprint density at radius 3 is 2.11 bits per heavy atom. The molecule has 0 radical (unpaired) electrons. The quantitative estimate of drug-likeness (QED) is 0.885. The Labute approximate surface area is 162 Å². The lowest BCUT2D eigenvalue weighted by Crippen LogP contribution is -2.54. The molecule has 1 saturated heterocycles. The van der Waals surface area contributed by atoms with Gasteiger partial charge in [0.15, 0.2) is 0 Å². The molecule has 27 heavy (non-hydrogen) atoms. The number of carbonyl (C=O) groups is 2. The molecular formula is C22H31N3O2. The number of hydrogen-bond donors (Lipinski definition) is 1. The summed E-state index contributed by atoms with van der Waals surface area (Å²) in [6.07, 6.45) is 6.07. The maximum absolute atomic E-state index is 13.1. The van der Waals surface area contributed by atoms with Gasteiger partial charge in [0.2, 0.25) is 11.8 Å². The van der Waals surface area contributed by atoms with E-state index in [-0.39, 0.29) is 23.7 Å². The van der Waals surface area contributed by atoms with Gasteiger partial charge >= 0.3 is 0 Å². The molecule has 2 aliphatic carbocycles. The maximum atomic E-state index is 13.1. The molecule has 5 nitrogen and oxygen atoms in total. The first-order valence-electron chi connectivity index (χ1n) is 10.5. The van der Waals surface area contributed by atoms with Gasteiger partial charge in [0.1, 0.15) is 0 Å². The van der Waals surface area contributed by atoms with Crippen LogP contribution in [-0.2, 0) is 22.4 Å². The largest absolute Gasteiger partial charge is 0.359 e. The Balaban J connectivity index is 1.34. The fourth-order valence-corrected chi connectivity index (χ4v) is 5.26. The number of piperazine rings is 1. The van der Waals surface area contributed by atoms with Crippen LogP contribution in [0.15, 0.2) is 24.3 Å². The van der Waals surface area contributed by atoms with Crippen LogP contribution in [0, 0.1) is 11.8 Å². The van der Waals surface area contributed by atoms with Gasteiger partial charge in [-0.05, 0) is 36.8 Å². The number of nitrogens with zero attached hydrogens (tertiary/aromatic N) is 2. The Kier molecular flexibility index (Phi) is 5.48. The summed E-state index contributed by atoms with van der Waals surface area (Å²) in [7, 11) is 1.68. The molecule has 1 heterocycles. The third kappa shape index (κ3) is 3.75. The van der Waals surface area contributed by atoms with E-state index in [1.54, 1.807) is 7.05 Å². The zero-order chi connectivity index (χ0) is 18.8. The van der Waals surface area contributed by atoms with Crippen LogP contribution in [0.4, 0.5) is 0 Å². The second-order valence-corrected chi connectivity index (χ2v) is 8.30. The fraction of sp³-hybridized carbons (Fsp3) is 0.636. The topological polar surface area (TPSA) is 52.7 Å². The summed E-state index contributed by atoms with van der Waals surface area (Å²) in [4.78, 5) is 29.9. The minimum Gasteiger partial charge on any atom is -0.359 e. The second-order valence-electron chi connectivity index (χ2n) is 8.30. The van der Waals surface area contributed by atoms with Crippen LogP contribution in [0.5, 0.6) is 0 Å². The molecule has 2 amide bonds. The number of rotatable bonds is 3. The molecule has 2 fully saturated rings. The molecule has 0 aromatic heterocycles. The Bertz CT molecular complexity index is 672. The summed E-state index contributed by atoms with van der Waals surface area (Å²) < 4.78 is 0. The third-order valence-electron chi connectivity index (χ3n) is 6.84. The van der Waals surface area contributed by atoms with Crippen LogP contribution in [-0.4, -0.2) is 60.9 Å². The minimum atomic E-state index is -0.140. The smallest absolute Gasteiger partial charge is 0.226 e. The average molecular weight is 370 g/mol. The standard InChI is InChI=1S/C22H31N3O2/c1-23-21(26)19-8-4-5-9-20(19)22(27)25-12-10-24(11-13-25)18-14-16-6-2-3-7-17(16)15-18/h2-3,6-7,18-20H,4-5,8-15H2,1H3,(H,23,26). The van der Waals surface area contributed by atoms with Gasteiger partial charge in [-0.2, -0.15) is 0 Å². The van der Waals surface area contributed by atoms with Crippen molar-refractivity contribution in [2.75, 3.05) is 33.2 Å². The fourth-order valence-electron chi connectivity index (χ4n) is 5.26. The van der Waals surface area contributed by atoms with Crippen LogP contribution < -0.4 is 5.32 Å². The molecule has 5 heteroatoms. The molecule has 1 aliphatic heterocycles.